The Morgan fingerprint density at radius 2 is 1.79 bits per heavy atom. The Bertz CT molecular complexity index is 730. The number of nitrogens with one attached hydrogen (secondary N) is 1. The van der Waals surface area contributed by atoms with Gasteiger partial charge in [-0.15, -0.1) is 0 Å². The Balaban J connectivity index is 2.26. The molecule has 24 heavy (non-hydrogen) atoms. The number of ether oxygens (including phenoxy) is 1. The number of aryl methyl sites for hydroxylation is 1. The molecular formula is C19H20ClNO3. The molecule has 0 aliphatic heterocycles. The van der Waals surface area contributed by atoms with Crippen LogP contribution in [-0.2, 0) is 9.53 Å². The fraction of sp³-hybridized carbons (Fsp3) is 0.263. The van der Waals surface area contributed by atoms with Gasteiger partial charge in [-0.25, -0.2) is 0 Å². The van der Waals surface area contributed by atoms with Crippen LogP contribution in [0, 0.1) is 6.92 Å². The Hall–Kier alpha value is -2.33. The van der Waals surface area contributed by atoms with E-state index in [2.05, 4.69) is 5.32 Å². The molecule has 1 amide bonds. The molecule has 2 aromatic rings. The number of rotatable bonds is 6. The quantitative estimate of drug-likeness (QED) is 0.803. The molecular weight excluding hydrogens is 326 g/mol. The summed E-state index contributed by atoms with van der Waals surface area (Å²) in [6, 6.07) is 13.9. The molecule has 0 bridgehead atoms. The minimum Gasteiger partial charge on any atom is -0.466 e. The second-order valence-electron chi connectivity index (χ2n) is 5.37. The van der Waals surface area contributed by atoms with Gasteiger partial charge in [0.15, 0.2) is 0 Å². The Morgan fingerprint density at radius 3 is 2.46 bits per heavy atom. The fourth-order valence-electron chi connectivity index (χ4n) is 2.45. The maximum Gasteiger partial charge on any atom is 0.308 e. The zero-order valence-electron chi connectivity index (χ0n) is 13.7. The van der Waals surface area contributed by atoms with Gasteiger partial charge in [-0.2, -0.15) is 0 Å². The summed E-state index contributed by atoms with van der Waals surface area (Å²) in [7, 11) is 0. The van der Waals surface area contributed by atoms with Crippen LogP contribution in [0.5, 0.6) is 0 Å². The molecule has 1 atom stereocenters. The Morgan fingerprint density at radius 1 is 1.12 bits per heavy atom. The molecule has 2 rings (SSSR count). The third-order valence-electron chi connectivity index (χ3n) is 3.65. The molecule has 0 aromatic heterocycles. The molecule has 0 fully saturated rings. The second kappa shape index (κ2) is 8.50. The molecule has 0 radical (unpaired) electrons. The average Bonchev–Trinajstić information content (AvgIpc) is 2.55. The third kappa shape index (κ3) is 4.59. The van der Waals surface area contributed by atoms with E-state index in [-0.39, 0.29) is 18.3 Å². The SMILES string of the molecule is CCOC(=O)C[C@H](NC(=O)c1ccccc1C)c1ccccc1Cl. The van der Waals surface area contributed by atoms with Crippen molar-refractivity contribution in [2.75, 3.05) is 6.61 Å². The monoisotopic (exact) mass is 345 g/mol. The first-order valence-corrected chi connectivity index (χ1v) is 8.17. The van der Waals surface area contributed by atoms with Crippen LogP contribution in [0.15, 0.2) is 48.5 Å². The molecule has 4 nitrogen and oxygen atoms in total. The molecule has 2 aromatic carbocycles. The highest BCUT2D eigenvalue weighted by molar-refractivity contribution is 6.31. The molecule has 0 saturated carbocycles. The van der Waals surface area contributed by atoms with E-state index in [1.54, 1.807) is 37.3 Å². The van der Waals surface area contributed by atoms with Crippen molar-refractivity contribution in [2.24, 2.45) is 0 Å². The molecule has 5 heteroatoms. The van der Waals surface area contributed by atoms with Gasteiger partial charge in [-0.3, -0.25) is 9.59 Å². The molecule has 0 spiro atoms. The van der Waals surface area contributed by atoms with E-state index in [1.165, 1.54) is 0 Å². The highest BCUT2D eigenvalue weighted by atomic mass is 35.5. The lowest BCUT2D eigenvalue weighted by molar-refractivity contribution is -0.143. The van der Waals surface area contributed by atoms with Crippen LogP contribution < -0.4 is 5.32 Å². The highest BCUT2D eigenvalue weighted by Gasteiger charge is 2.22. The van der Waals surface area contributed by atoms with Gasteiger partial charge < -0.3 is 10.1 Å². The smallest absolute Gasteiger partial charge is 0.308 e. The van der Waals surface area contributed by atoms with Crippen molar-refractivity contribution in [3.63, 3.8) is 0 Å². The number of hydrogen-bond acceptors (Lipinski definition) is 3. The molecule has 0 aliphatic carbocycles. The summed E-state index contributed by atoms with van der Waals surface area (Å²) in [4.78, 5) is 24.5. The summed E-state index contributed by atoms with van der Waals surface area (Å²) in [6.45, 7) is 3.90. The van der Waals surface area contributed by atoms with Crippen LogP contribution in [-0.4, -0.2) is 18.5 Å². The zero-order chi connectivity index (χ0) is 17.5. The molecule has 0 heterocycles. The van der Waals surface area contributed by atoms with Crippen molar-refractivity contribution in [1.82, 2.24) is 5.32 Å². The minimum absolute atomic E-state index is 0.0230. The van der Waals surface area contributed by atoms with Gasteiger partial charge in [0.05, 0.1) is 19.1 Å². The van der Waals surface area contributed by atoms with Gasteiger partial charge in [-0.1, -0.05) is 48.0 Å². The van der Waals surface area contributed by atoms with Gasteiger partial charge in [0, 0.05) is 10.6 Å². The average molecular weight is 346 g/mol. The Labute approximate surface area is 146 Å². The number of esters is 1. The van der Waals surface area contributed by atoms with E-state index in [0.717, 1.165) is 5.56 Å². The summed E-state index contributed by atoms with van der Waals surface area (Å²) in [5.41, 5.74) is 2.12. The lowest BCUT2D eigenvalue weighted by Crippen LogP contribution is -2.31. The number of amides is 1. The summed E-state index contributed by atoms with van der Waals surface area (Å²) in [5, 5.41) is 3.39. The van der Waals surface area contributed by atoms with Crippen LogP contribution in [0.4, 0.5) is 0 Å². The van der Waals surface area contributed by atoms with Gasteiger partial charge in [0.25, 0.3) is 5.91 Å². The second-order valence-corrected chi connectivity index (χ2v) is 5.78. The van der Waals surface area contributed by atoms with Crippen LogP contribution in [0.1, 0.15) is 40.9 Å². The van der Waals surface area contributed by atoms with Crippen molar-refractivity contribution >= 4 is 23.5 Å². The normalized spacial score (nSPS) is 11.6. The van der Waals surface area contributed by atoms with Crippen molar-refractivity contribution in [3.8, 4) is 0 Å². The predicted molar refractivity (Wildman–Crippen MR) is 94.1 cm³/mol. The first-order valence-electron chi connectivity index (χ1n) is 7.79. The molecule has 0 aliphatic rings. The minimum atomic E-state index is -0.551. The fourth-order valence-corrected chi connectivity index (χ4v) is 2.71. The summed E-state index contributed by atoms with van der Waals surface area (Å²) in [6.07, 6.45) is 0.0230. The number of carbonyl (C=O) groups excluding carboxylic acids is 2. The molecule has 0 saturated heterocycles. The van der Waals surface area contributed by atoms with Crippen LogP contribution in [0.3, 0.4) is 0 Å². The first-order chi connectivity index (χ1) is 11.5. The first kappa shape index (κ1) is 18.0. The summed E-state index contributed by atoms with van der Waals surface area (Å²) in [5.74, 6) is -0.630. The largest absolute Gasteiger partial charge is 0.466 e. The van der Waals surface area contributed by atoms with Crippen LogP contribution >= 0.6 is 11.6 Å². The van der Waals surface area contributed by atoms with Crippen LogP contribution in [0.2, 0.25) is 5.02 Å². The predicted octanol–water partition coefficient (Wildman–Crippen LogP) is 4.07. The van der Waals surface area contributed by atoms with E-state index in [0.29, 0.717) is 22.8 Å². The third-order valence-corrected chi connectivity index (χ3v) is 4.00. The number of carbonyl (C=O) groups is 2. The molecule has 126 valence electrons. The highest BCUT2D eigenvalue weighted by Crippen LogP contribution is 2.26. The van der Waals surface area contributed by atoms with Crippen molar-refractivity contribution in [3.05, 3.63) is 70.2 Å². The van der Waals surface area contributed by atoms with Crippen molar-refractivity contribution in [2.45, 2.75) is 26.3 Å². The van der Waals surface area contributed by atoms with E-state index in [4.69, 9.17) is 16.3 Å². The summed E-state index contributed by atoms with van der Waals surface area (Å²) >= 11 is 6.24. The number of hydrogen-bond donors (Lipinski definition) is 1. The van der Waals surface area contributed by atoms with Gasteiger partial charge in [0.1, 0.15) is 0 Å². The zero-order valence-corrected chi connectivity index (χ0v) is 14.5. The van der Waals surface area contributed by atoms with Crippen LogP contribution in [0.25, 0.3) is 0 Å². The van der Waals surface area contributed by atoms with E-state index in [9.17, 15) is 9.59 Å². The van der Waals surface area contributed by atoms with Crippen molar-refractivity contribution in [1.29, 1.82) is 0 Å². The number of benzene rings is 2. The van der Waals surface area contributed by atoms with E-state index in [1.807, 2.05) is 25.1 Å². The lowest BCUT2D eigenvalue weighted by atomic mass is 10.0. The number of halogens is 1. The maximum absolute atomic E-state index is 12.6. The van der Waals surface area contributed by atoms with Gasteiger partial charge >= 0.3 is 5.97 Å². The van der Waals surface area contributed by atoms with E-state index < -0.39 is 6.04 Å². The van der Waals surface area contributed by atoms with Gasteiger partial charge in [-0.05, 0) is 37.1 Å². The van der Waals surface area contributed by atoms with E-state index >= 15 is 0 Å². The Kier molecular flexibility index (Phi) is 6.38. The molecule has 0 unspecified atom stereocenters. The topological polar surface area (TPSA) is 55.4 Å². The maximum atomic E-state index is 12.6. The van der Waals surface area contributed by atoms with Crippen molar-refractivity contribution < 1.29 is 14.3 Å². The molecule has 1 N–H and O–H groups in total. The lowest BCUT2D eigenvalue weighted by Gasteiger charge is -2.20. The standard InChI is InChI=1S/C19H20ClNO3/c1-3-24-18(22)12-17(15-10-6-7-11-16(15)20)21-19(23)14-9-5-4-8-13(14)2/h4-11,17H,3,12H2,1-2H3,(H,21,23)/t17-/m0/s1. The summed E-state index contributed by atoms with van der Waals surface area (Å²) < 4.78 is 5.01. The van der Waals surface area contributed by atoms with Gasteiger partial charge in [0.2, 0.25) is 0 Å².